The molecule has 0 heterocycles. The van der Waals surface area contributed by atoms with Crippen molar-refractivity contribution in [2.75, 3.05) is 6.61 Å². The normalized spacial score (nSPS) is 10.8. The number of nitrogens with one attached hydrogen (secondary N) is 1. The number of para-hydroxylation sites is 1. The molecule has 3 heteroatoms. The van der Waals surface area contributed by atoms with E-state index in [-0.39, 0.29) is 11.8 Å². The molecule has 0 atom stereocenters. The summed E-state index contributed by atoms with van der Waals surface area (Å²) in [5.41, 5.74) is 3.34. The molecule has 0 amide bonds. The average Bonchev–Trinajstić information content (AvgIpc) is 2.66. The van der Waals surface area contributed by atoms with Crippen LogP contribution in [0.25, 0.3) is 0 Å². The van der Waals surface area contributed by atoms with Crippen molar-refractivity contribution in [2.45, 2.75) is 19.5 Å². The second-order valence-electron chi connectivity index (χ2n) is 5.83. The fourth-order valence-corrected chi connectivity index (χ4v) is 2.95. The second kappa shape index (κ2) is 8.36. The Morgan fingerprint density at radius 1 is 0.840 bits per heavy atom. The molecular formula is C22H23NO2. The first-order valence-corrected chi connectivity index (χ1v) is 8.56. The predicted molar refractivity (Wildman–Crippen MR) is 101 cm³/mol. The molecule has 0 fully saturated rings. The molecule has 0 aromatic heterocycles. The van der Waals surface area contributed by atoms with E-state index in [1.807, 2.05) is 55.5 Å². The van der Waals surface area contributed by atoms with Gasteiger partial charge in [0.05, 0.1) is 12.6 Å². The Morgan fingerprint density at radius 2 is 1.44 bits per heavy atom. The Hall–Kier alpha value is -2.78. The van der Waals surface area contributed by atoms with Crippen molar-refractivity contribution in [1.82, 2.24) is 5.32 Å². The lowest BCUT2D eigenvalue weighted by atomic mass is 9.98. The Labute approximate surface area is 148 Å². The van der Waals surface area contributed by atoms with Crippen LogP contribution in [0.1, 0.15) is 29.7 Å². The Kier molecular flexibility index (Phi) is 5.70. The maximum Gasteiger partial charge on any atom is 0.165 e. The number of rotatable bonds is 7. The van der Waals surface area contributed by atoms with E-state index in [4.69, 9.17) is 4.74 Å². The second-order valence-corrected chi connectivity index (χ2v) is 5.83. The average molecular weight is 333 g/mol. The lowest BCUT2D eigenvalue weighted by Crippen LogP contribution is -2.22. The van der Waals surface area contributed by atoms with E-state index in [1.165, 1.54) is 11.1 Å². The summed E-state index contributed by atoms with van der Waals surface area (Å²) in [6.45, 7) is 3.03. The fourth-order valence-electron chi connectivity index (χ4n) is 2.95. The van der Waals surface area contributed by atoms with Crippen LogP contribution in [-0.4, -0.2) is 11.7 Å². The Morgan fingerprint density at radius 3 is 2.00 bits per heavy atom. The third-order valence-corrected chi connectivity index (χ3v) is 4.13. The van der Waals surface area contributed by atoms with Crippen LogP contribution < -0.4 is 10.1 Å². The first kappa shape index (κ1) is 17.1. The zero-order valence-electron chi connectivity index (χ0n) is 14.4. The smallest absolute Gasteiger partial charge is 0.165 e. The molecule has 0 aliphatic carbocycles. The lowest BCUT2D eigenvalue weighted by molar-refractivity contribution is 0.313. The summed E-state index contributed by atoms with van der Waals surface area (Å²) in [6, 6.07) is 26.3. The third-order valence-electron chi connectivity index (χ3n) is 4.13. The van der Waals surface area contributed by atoms with Gasteiger partial charge in [-0.25, -0.2) is 0 Å². The summed E-state index contributed by atoms with van der Waals surface area (Å²) >= 11 is 0. The highest BCUT2D eigenvalue weighted by Gasteiger charge is 2.15. The van der Waals surface area contributed by atoms with Gasteiger partial charge in [-0.2, -0.15) is 0 Å². The van der Waals surface area contributed by atoms with Crippen molar-refractivity contribution in [3.63, 3.8) is 0 Å². The van der Waals surface area contributed by atoms with Crippen LogP contribution in [0.5, 0.6) is 11.5 Å². The van der Waals surface area contributed by atoms with Crippen LogP contribution in [0.15, 0.2) is 78.9 Å². The molecule has 0 radical (unpaired) electrons. The van der Waals surface area contributed by atoms with Gasteiger partial charge in [-0.3, -0.25) is 0 Å². The summed E-state index contributed by atoms with van der Waals surface area (Å²) in [4.78, 5) is 0. The standard InChI is InChI=1S/C22H23NO2/c1-2-25-22-19(14-9-15-20(22)24)16-23-21(17-10-5-3-6-11-17)18-12-7-4-8-13-18/h3-15,21,23-24H,2,16H2,1H3. The van der Waals surface area contributed by atoms with E-state index >= 15 is 0 Å². The number of phenols is 1. The minimum atomic E-state index is 0.0687. The van der Waals surface area contributed by atoms with Gasteiger partial charge in [0.2, 0.25) is 0 Å². The van der Waals surface area contributed by atoms with Gasteiger partial charge in [-0.1, -0.05) is 72.8 Å². The zero-order chi connectivity index (χ0) is 17.5. The number of aromatic hydroxyl groups is 1. The first-order chi connectivity index (χ1) is 12.3. The van der Waals surface area contributed by atoms with Gasteiger partial charge >= 0.3 is 0 Å². The molecule has 0 unspecified atom stereocenters. The molecule has 0 aliphatic heterocycles. The highest BCUT2D eigenvalue weighted by molar-refractivity contribution is 5.46. The molecule has 0 saturated carbocycles. The molecule has 3 aromatic carbocycles. The molecule has 3 rings (SSSR count). The zero-order valence-corrected chi connectivity index (χ0v) is 14.4. The van der Waals surface area contributed by atoms with Crippen LogP contribution in [0.2, 0.25) is 0 Å². The van der Waals surface area contributed by atoms with E-state index in [1.54, 1.807) is 6.07 Å². The van der Waals surface area contributed by atoms with Crippen LogP contribution >= 0.6 is 0 Å². The van der Waals surface area contributed by atoms with Gasteiger partial charge < -0.3 is 15.2 Å². The van der Waals surface area contributed by atoms with Gasteiger partial charge in [0, 0.05) is 12.1 Å². The van der Waals surface area contributed by atoms with Crippen LogP contribution in [0.3, 0.4) is 0 Å². The van der Waals surface area contributed by atoms with Gasteiger partial charge in [0.15, 0.2) is 11.5 Å². The minimum absolute atomic E-state index is 0.0687. The summed E-state index contributed by atoms with van der Waals surface area (Å²) in [6.07, 6.45) is 0. The van der Waals surface area contributed by atoms with Gasteiger partial charge in [0.1, 0.15) is 0 Å². The molecule has 25 heavy (non-hydrogen) atoms. The van der Waals surface area contributed by atoms with Gasteiger partial charge in [-0.05, 0) is 24.1 Å². The summed E-state index contributed by atoms with van der Waals surface area (Å²) in [5.74, 6) is 0.731. The number of phenolic OH excluding ortho intramolecular Hbond substituents is 1. The first-order valence-electron chi connectivity index (χ1n) is 8.56. The van der Waals surface area contributed by atoms with Crippen molar-refractivity contribution < 1.29 is 9.84 Å². The number of hydrogen-bond donors (Lipinski definition) is 2. The van der Waals surface area contributed by atoms with Crippen LogP contribution in [0.4, 0.5) is 0 Å². The summed E-state index contributed by atoms with van der Waals surface area (Å²) in [5, 5.41) is 13.7. The monoisotopic (exact) mass is 333 g/mol. The SMILES string of the molecule is CCOc1c(O)cccc1CNC(c1ccccc1)c1ccccc1. The molecule has 0 spiro atoms. The molecule has 128 valence electrons. The molecular weight excluding hydrogens is 310 g/mol. The van der Waals surface area contributed by atoms with E-state index < -0.39 is 0 Å². The molecule has 0 bridgehead atoms. The maximum absolute atomic E-state index is 10.1. The number of benzene rings is 3. The molecule has 0 saturated heterocycles. The third kappa shape index (κ3) is 4.20. The number of ether oxygens (including phenoxy) is 1. The molecule has 3 nitrogen and oxygen atoms in total. The molecule has 3 aromatic rings. The van der Waals surface area contributed by atoms with E-state index in [0.29, 0.717) is 18.9 Å². The van der Waals surface area contributed by atoms with Crippen LogP contribution in [-0.2, 0) is 6.54 Å². The van der Waals surface area contributed by atoms with Crippen LogP contribution in [0, 0.1) is 0 Å². The quantitative estimate of drug-likeness (QED) is 0.660. The fraction of sp³-hybridized carbons (Fsp3) is 0.182. The minimum Gasteiger partial charge on any atom is -0.504 e. The predicted octanol–water partition coefficient (Wildman–Crippen LogP) is 4.67. The topological polar surface area (TPSA) is 41.5 Å². The van der Waals surface area contributed by atoms with E-state index in [0.717, 1.165) is 5.56 Å². The van der Waals surface area contributed by atoms with Crippen molar-refractivity contribution >= 4 is 0 Å². The summed E-state index contributed by atoms with van der Waals surface area (Å²) in [7, 11) is 0. The lowest BCUT2D eigenvalue weighted by Gasteiger charge is -2.21. The van der Waals surface area contributed by atoms with Crippen molar-refractivity contribution in [1.29, 1.82) is 0 Å². The highest BCUT2D eigenvalue weighted by Crippen LogP contribution is 2.31. The molecule has 0 aliphatic rings. The maximum atomic E-state index is 10.1. The van der Waals surface area contributed by atoms with Crippen molar-refractivity contribution in [3.8, 4) is 11.5 Å². The van der Waals surface area contributed by atoms with E-state index in [2.05, 4.69) is 29.6 Å². The highest BCUT2D eigenvalue weighted by atomic mass is 16.5. The Bertz CT molecular complexity index is 748. The number of hydrogen-bond acceptors (Lipinski definition) is 3. The Balaban J connectivity index is 1.86. The van der Waals surface area contributed by atoms with Gasteiger partial charge in [-0.15, -0.1) is 0 Å². The van der Waals surface area contributed by atoms with E-state index in [9.17, 15) is 5.11 Å². The largest absolute Gasteiger partial charge is 0.504 e. The summed E-state index contributed by atoms with van der Waals surface area (Å²) < 4.78 is 5.62. The van der Waals surface area contributed by atoms with Crippen molar-refractivity contribution in [2.24, 2.45) is 0 Å². The van der Waals surface area contributed by atoms with Gasteiger partial charge in [0.25, 0.3) is 0 Å². The van der Waals surface area contributed by atoms with Crippen molar-refractivity contribution in [3.05, 3.63) is 95.6 Å². The molecule has 2 N–H and O–H groups in total.